The van der Waals surface area contributed by atoms with Crippen LogP contribution in [0.25, 0.3) is 10.6 Å². The Kier molecular flexibility index (Phi) is 6.15. The van der Waals surface area contributed by atoms with Gasteiger partial charge in [-0.25, -0.2) is 4.98 Å². The number of nitrogens with one attached hydrogen (secondary N) is 1. The van der Waals surface area contributed by atoms with Gasteiger partial charge in [-0.2, -0.15) is 11.8 Å². The number of nitrogens with zero attached hydrogens (tertiary/aromatic N) is 2. The molecule has 2 heterocycles. The number of hydrogen-bond donors (Lipinski definition) is 1. The molecular formula is C19H25N3OS2. The van der Waals surface area contributed by atoms with Crippen molar-refractivity contribution in [2.24, 2.45) is 0 Å². The number of thiazole rings is 1. The molecule has 1 aliphatic rings. The van der Waals surface area contributed by atoms with Crippen molar-refractivity contribution < 1.29 is 4.79 Å². The van der Waals surface area contributed by atoms with Gasteiger partial charge in [0.25, 0.3) is 0 Å². The molecule has 1 aliphatic heterocycles. The molecule has 6 heteroatoms. The van der Waals surface area contributed by atoms with Crippen LogP contribution in [0.4, 0.5) is 0 Å². The fourth-order valence-electron chi connectivity index (χ4n) is 3.00. The Morgan fingerprint density at radius 1 is 1.40 bits per heavy atom. The predicted molar refractivity (Wildman–Crippen MR) is 107 cm³/mol. The van der Waals surface area contributed by atoms with E-state index >= 15 is 0 Å². The van der Waals surface area contributed by atoms with Crippen LogP contribution in [0.15, 0.2) is 30.3 Å². The van der Waals surface area contributed by atoms with Crippen LogP contribution in [-0.2, 0) is 4.79 Å². The van der Waals surface area contributed by atoms with Crippen LogP contribution in [-0.4, -0.2) is 46.9 Å². The number of amides is 1. The third kappa shape index (κ3) is 4.43. The summed E-state index contributed by atoms with van der Waals surface area (Å²) in [5.74, 6) is 2.35. The van der Waals surface area contributed by atoms with Crippen molar-refractivity contribution in [2.75, 3.05) is 25.1 Å². The molecule has 3 rings (SSSR count). The SMILES string of the molecule is Cc1nc(-c2ccccc2)sc1C(C)N(C)C(=O)CC1CSCCN1. The molecule has 0 bridgehead atoms. The van der Waals surface area contributed by atoms with Gasteiger partial charge in [0.1, 0.15) is 5.01 Å². The Hall–Kier alpha value is -1.37. The predicted octanol–water partition coefficient (Wildman–Crippen LogP) is 3.73. The van der Waals surface area contributed by atoms with Crippen LogP contribution in [0.2, 0.25) is 0 Å². The molecule has 2 aromatic rings. The van der Waals surface area contributed by atoms with Gasteiger partial charge in [-0.15, -0.1) is 11.3 Å². The van der Waals surface area contributed by atoms with Crippen molar-refractivity contribution in [3.63, 3.8) is 0 Å². The first-order chi connectivity index (χ1) is 12.1. The van der Waals surface area contributed by atoms with E-state index in [4.69, 9.17) is 4.98 Å². The van der Waals surface area contributed by atoms with Crippen molar-refractivity contribution in [1.82, 2.24) is 15.2 Å². The van der Waals surface area contributed by atoms with E-state index in [1.54, 1.807) is 11.3 Å². The number of rotatable bonds is 5. The van der Waals surface area contributed by atoms with Gasteiger partial charge in [0, 0.05) is 43.1 Å². The van der Waals surface area contributed by atoms with Gasteiger partial charge >= 0.3 is 0 Å². The van der Waals surface area contributed by atoms with Gasteiger partial charge in [0.05, 0.1) is 16.6 Å². The monoisotopic (exact) mass is 375 g/mol. The van der Waals surface area contributed by atoms with Crippen LogP contribution >= 0.6 is 23.1 Å². The van der Waals surface area contributed by atoms with Crippen LogP contribution in [0.3, 0.4) is 0 Å². The van der Waals surface area contributed by atoms with Gasteiger partial charge in [0.2, 0.25) is 5.91 Å². The Bertz CT molecular complexity index is 711. The smallest absolute Gasteiger partial charge is 0.224 e. The third-order valence-corrected chi connectivity index (χ3v) is 7.13. The van der Waals surface area contributed by atoms with Gasteiger partial charge in [-0.1, -0.05) is 30.3 Å². The lowest BCUT2D eigenvalue weighted by Gasteiger charge is -2.28. The summed E-state index contributed by atoms with van der Waals surface area (Å²) in [7, 11) is 1.91. The summed E-state index contributed by atoms with van der Waals surface area (Å²) in [6, 6.07) is 10.6. The highest BCUT2D eigenvalue weighted by molar-refractivity contribution is 7.99. The Morgan fingerprint density at radius 2 is 2.16 bits per heavy atom. The lowest BCUT2D eigenvalue weighted by atomic mass is 10.1. The number of carbonyl (C=O) groups excluding carboxylic acids is 1. The van der Waals surface area contributed by atoms with E-state index < -0.39 is 0 Å². The molecule has 2 unspecified atom stereocenters. The fraction of sp³-hybridized carbons (Fsp3) is 0.474. The summed E-state index contributed by atoms with van der Waals surface area (Å²) in [5, 5.41) is 4.46. The molecule has 25 heavy (non-hydrogen) atoms. The van der Waals surface area contributed by atoms with Gasteiger partial charge < -0.3 is 10.2 Å². The quantitative estimate of drug-likeness (QED) is 0.865. The molecule has 1 aromatic carbocycles. The zero-order valence-electron chi connectivity index (χ0n) is 15.0. The maximum absolute atomic E-state index is 12.7. The highest BCUT2D eigenvalue weighted by atomic mass is 32.2. The number of aryl methyl sites for hydroxylation is 1. The zero-order chi connectivity index (χ0) is 17.8. The molecule has 1 aromatic heterocycles. The molecule has 0 spiro atoms. The first kappa shape index (κ1) is 18.4. The third-order valence-electron chi connectivity index (χ3n) is 4.63. The Labute approximate surface area is 158 Å². The second-order valence-corrected chi connectivity index (χ2v) is 8.63. The summed E-state index contributed by atoms with van der Waals surface area (Å²) >= 11 is 3.61. The molecule has 1 fully saturated rings. The van der Waals surface area contributed by atoms with E-state index in [1.807, 2.05) is 48.8 Å². The number of carbonyl (C=O) groups is 1. The number of aromatic nitrogens is 1. The topological polar surface area (TPSA) is 45.2 Å². The van der Waals surface area contributed by atoms with Crippen molar-refractivity contribution in [2.45, 2.75) is 32.4 Å². The van der Waals surface area contributed by atoms with Crippen molar-refractivity contribution in [3.05, 3.63) is 40.9 Å². The molecule has 0 aliphatic carbocycles. The summed E-state index contributed by atoms with van der Waals surface area (Å²) in [6.45, 7) is 5.12. The molecule has 1 amide bonds. The first-order valence-electron chi connectivity index (χ1n) is 8.65. The summed E-state index contributed by atoms with van der Waals surface area (Å²) in [4.78, 5) is 20.4. The van der Waals surface area contributed by atoms with Gasteiger partial charge in [-0.3, -0.25) is 4.79 Å². The molecule has 1 saturated heterocycles. The zero-order valence-corrected chi connectivity index (χ0v) is 16.6. The minimum absolute atomic E-state index is 0.0405. The normalized spacial score (nSPS) is 18.8. The molecule has 2 atom stereocenters. The first-order valence-corrected chi connectivity index (χ1v) is 10.6. The molecule has 4 nitrogen and oxygen atoms in total. The van der Waals surface area contributed by atoms with E-state index in [9.17, 15) is 4.79 Å². The lowest BCUT2D eigenvalue weighted by Crippen LogP contribution is -2.42. The summed E-state index contributed by atoms with van der Waals surface area (Å²) in [6.07, 6.45) is 0.567. The average Bonchev–Trinajstić information content (AvgIpc) is 3.04. The van der Waals surface area contributed by atoms with Crippen LogP contribution < -0.4 is 5.32 Å². The number of benzene rings is 1. The van der Waals surface area contributed by atoms with Crippen LogP contribution in [0.1, 0.15) is 30.0 Å². The molecule has 1 N–H and O–H groups in total. The maximum atomic E-state index is 12.7. The second kappa shape index (κ2) is 8.34. The van der Waals surface area contributed by atoms with Crippen molar-refractivity contribution >= 4 is 29.0 Å². The highest BCUT2D eigenvalue weighted by Crippen LogP contribution is 2.34. The second-order valence-electron chi connectivity index (χ2n) is 6.45. The lowest BCUT2D eigenvalue weighted by molar-refractivity contribution is -0.132. The largest absolute Gasteiger partial charge is 0.338 e. The highest BCUT2D eigenvalue weighted by Gasteiger charge is 2.25. The Balaban J connectivity index is 1.70. The Morgan fingerprint density at radius 3 is 2.84 bits per heavy atom. The molecule has 134 valence electrons. The van der Waals surface area contributed by atoms with E-state index in [0.717, 1.165) is 34.3 Å². The summed E-state index contributed by atoms with van der Waals surface area (Å²) < 4.78 is 0. The average molecular weight is 376 g/mol. The minimum Gasteiger partial charge on any atom is -0.338 e. The van der Waals surface area contributed by atoms with Crippen LogP contribution in [0.5, 0.6) is 0 Å². The van der Waals surface area contributed by atoms with Gasteiger partial charge in [0.15, 0.2) is 0 Å². The van der Waals surface area contributed by atoms with E-state index in [0.29, 0.717) is 12.5 Å². The molecule has 0 saturated carbocycles. The van der Waals surface area contributed by atoms with E-state index in [2.05, 4.69) is 24.4 Å². The number of hydrogen-bond acceptors (Lipinski definition) is 5. The van der Waals surface area contributed by atoms with Crippen molar-refractivity contribution in [1.29, 1.82) is 0 Å². The van der Waals surface area contributed by atoms with E-state index in [1.165, 1.54) is 4.88 Å². The fourth-order valence-corrected chi connectivity index (χ4v) is 5.11. The van der Waals surface area contributed by atoms with Crippen molar-refractivity contribution in [3.8, 4) is 10.6 Å². The number of thioether (sulfide) groups is 1. The molecule has 0 radical (unpaired) electrons. The van der Waals surface area contributed by atoms with E-state index in [-0.39, 0.29) is 11.9 Å². The molecular weight excluding hydrogens is 350 g/mol. The minimum atomic E-state index is 0.0405. The summed E-state index contributed by atoms with van der Waals surface area (Å²) in [5.41, 5.74) is 2.15. The maximum Gasteiger partial charge on any atom is 0.224 e. The standard InChI is InChI=1S/C19H25N3OS2/c1-13-18(25-19(21-13)15-7-5-4-6-8-15)14(2)22(3)17(23)11-16-12-24-10-9-20-16/h4-8,14,16,20H,9-12H2,1-3H3. The van der Waals surface area contributed by atoms with Crippen LogP contribution in [0, 0.1) is 6.92 Å². The van der Waals surface area contributed by atoms with Gasteiger partial charge in [-0.05, 0) is 13.8 Å².